The summed E-state index contributed by atoms with van der Waals surface area (Å²) in [6.45, 7) is 9.78. The summed E-state index contributed by atoms with van der Waals surface area (Å²) in [5.74, 6) is -1.25. The second-order valence-corrected chi connectivity index (χ2v) is 7.77. The number of carbonyl (C=O) groups is 3. The highest BCUT2D eigenvalue weighted by Gasteiger charge is 2.29. The maximum absolute atomic E-state index is 12.4. The van der Waals surface area contributed by atoms with Gasteiger partial charge in [-0.25, -0.2) is 4.79 Å². The van der Waals surface area contributed by atoms with Crippen LogP contribution in [0.1, 0.15) is 47.0 Å². The molecular formula is C18H33N3O4. The van der Waals surface area contributed by atoms with E-state index in [0.717, 1.165) is 12.8 Å². The Morgan fingerprint density at radius 3 is 2.32 bits per heavy atom. The predicted octanol–water partition coefficient (Wildman–Crippen LogP) is 1.93. The molecule has 0 aliphatic carbocycles. The topological polar surface area (TPSA) is 98.7 Å². The Labute approximate surface area is 150 Å². The minimum Gasteiger partial charge on any atom is -0.481 e. The Kier molecular flexibility index (Phi) is 8.72. The van der Waals surface area contributed by atoms with Gasteiger partial charge in [0.05, 0.1) is 11.8 Å². The third-order valence-electron chi connectivity index (χ3n) is 4.37. The summed E-state index contributed by atoms with van der Waals surface area (Å²) in [4.78, 5) is 37.5. The lowest BCUT2D eigenvalue weighted by atomic mass is 9.95. The van der Waals surface area contributed by atoms with Crippen LogP contribution in [0.2, 0.25) is 0 Å². The molecule has 0 aromatic rings. The van der Waals surface area contributed by atoms with Crippen LogP contribution in [0, 0.1) is 23.7 Å². The molecule has 2 unspecified atom stereocenters. The molecule has 1 fully saturated rings. The van der Waals surface area contributed by atoms with Crippen molar-refractivity contribution < 1.29 is 19.5 Å². The smallest absolute Gasteiger partial charge is 0.317 e. The summed E-state index contributed by atoms with van der Waals surface area (Å²) in [5, 5.41) is 14.9. The number of hydrogen-bond donors (Lipinski definition) is 3. The number of aliphatic carboxylic acids is 1. The molecule has 0 saturated carbocycles. The van der Waals surface area contributed by atoms with Crippen molar-refractivity contribution in [3.63, 3.8) is 0 Å². The highest BCUT2D eigenvalue weighted by Crippen LogP contribution is 2.17. The number of nitrogens with zero attached hydrogens (tertiary/aromatic N) is 1. The van der Waals surface area contributed by atoms with Gasteiger partial charge >= 0.3 is 12.0 Å². The molecule has 25 heavy (non-hydrogen) atoms. The lowest BCUT2D eigenvalue weighted by Crippen LogP contribution is -2.50. The van der Waals surface area contributed by atoms with Crippen molar-refractivity contribution in [1.82, 2.24) is 15.5 Å². The van der Waals surface area contributed by atoms with Crippen molar-refractivity contribution in [3.05, 3.63) is 0 Å². The van der Waals surface area contributed by atoms with Crippen LogP contribution in [-0.4, -0.2) is 54.1 Å². The molecule has 1 rings (SSSR count). The molecule has 1 heterocycles. The van der Waals surface area contributed by atoms with Gasteiger partial charge in [-0.15, -0.1) is 0 Å². The number of urea groups is 1. The number of carboxylic acids is 1. The van der Waals surface area contributed by atoms with Gasteiger partial charge in [0.1, 0.15) is 0 Å². The second-order valence-electron chi connectivity index (χ2n) is 7.77. The number of amides is 3. The number of carbonyl (C=O) groups excluding carboxylic acids is 2. The van der Waals surface area contributed by atoms with Crippen molar-refractivity contribution >= 4 is 17.9 Å². The third kappa shape index (κ3) is 7.75. The van der Waals surface area contributed by atoms with E-state index >= 15 is 0 Å². The lowest BCUT2D eigenvalue weighted by Gasteiger charge is -2.32. The van der Waals surface area contributed by atoms with Gasteiger partial charge in [0.15, 0.2) is 0 Å². The number of likely N-dealkylation sites (tertiary alicyclic amines) is 1. The van der Waals surface area contributed by atoms with Crippen molar-refractivity contribution in [3.8, 4) is 0 Å². The monoisotopic (exact) mass is 355 g/mol. The predicted molar refractivity (Wildman–Crippen MR) is 96.1 cm³/mol. The molecule has 0 spiro atoms. The van der Waals surface area contributed by atoms with Gasteiger partial charge in [-0.05, 0) is 31.1 Å². The number of rotatable bonds is 8. The van der Waals surface area contributed by atoms with Gasteiger partial charge in [-0.1, -0.05) is 27.7 Å². The molecule has 3 amide bonds. The van der Waals surface area contributed by atoms with E-state index in [1.165, 1.54) is 0 Å². The molecule has 0 bridgehead atoms. The summed E-state index contributed by atoms with van der Waals surface area (Å²) < 4.78 is 0. The van der Waals surface area contributed by atoms with Crippen LogP contribution in [0.4, 0.5) is 4.79 Å². The maximum Gasteiger partial charge on any atom is 0.317 e. The SMILES string of the molecule is CC(C)CNC(=O)N1CCCC(C(=O)NCC(CC(C)C)C(=O)O)C1. The first-order chi connectivity index (χ1) is 11.7. The number of nitrogens with one attached hydrogen (secondary N) is 2. The summed E-state index contributed by atoms with van der Waals surface area (Å²) >= 11 is 0. The average molecular weight is 355 g/mol. The molecule has 2 atom stereocenters. The van der Waals surface area contributed by atoms with Crippen LogP contribution in [0.5, 0.6) is 0 Å². The fourth-order valence-corrected chi connectivity index (χ4v) is 2.99. The van der Waals surface area contributed by atoms with E-state index in [4.69, 9.17) is 0 Å². The fraction of sp³-hybridized carbons (Fsp3) is 0.833. The zero-order valence-electron chi connectivity index (χ0n) is 15.9. The van der Waals surface area contributed by atoms with Crippen LogP contribution in [0.3, 0.4) is 0 Å². The van der Waals surface area contributed by atoms with Crippen molar-refractivity contribution in [2.24, 2.45) is 23.7 Å². The van der Waals surface area contributed by atoms with E-state index in [9.17, 15) is 19.5 Å². The summed E-state index contributed by atoms with van der Waals surface area (Å²) in [6, 6.07) is -0.130. The van der Waals surface area contributed by atoms with Gasteiger partial charge in [-0.3, -0.25) is 9.59 Å². The van der Waals surface area contributed by atoms with E-state index in [1.807, 2.05) is 27.7 Å². The first-order valence-electron chi connectivity index (χ1n) is 9.24. The van der Waals surface area contributed by atoms with Crippen LogP contribution < -0.4 is 10.6 Å². The minimum absolute atomic E-state index is 0.130. The molecular weight excluding hydrogens is 322 g/mol. The van der Waals surface area contributed by atoms with E-state index in [1.54, 1.807) is 4.90 Å². The normalized spacial score (nSPS) is 19.0. The molecule has 3 N–H and O–H groups in total. The Morgan fingerprint density at radius 1 is 1.08 bits per heavy atom. The Hall–Kier alpha value is -1.79. The van der Waals surface area contributed by atoms with Gasteiger partial charge < -0.3 is 20.6 Å². The standard InChI is InChI=1S/C18H33N3O4/c1-12(2)8-15(17(23)24)10-19-16(22)14-6-5-7-21(11-14)18(25)20-9-13(3)4/h12-15H,5-11H2,1-4H3,(H,19,22)(H,20,25)(H,23,24). The zero-order valence-corrected chi connectivity index (χ0v) is 15.9. The van der Waals surface area contributed by atoms with Gasteiger partial charge in [0.2, 0.25) is 5.91 Å². The van der Waals surface area contributed by atoms with Crippen LogP contribution in [0.25, 0.3) is 0 Å². The Morgan fingerprint density at radius 2 is 1.76 bits per heavy atom. The molecule has 7 nitrogen and oxygen atoms in total. The number of hydrogen-bond acceptors (Lipinski definition) is 3. The fourth-order valence-electron chi connectivity index (χ4n) is 2.99. The summed E-state index contributed by atoms with van der Waals surface area (Å²) in [7, 11) is 0. The van der Waals surface area contributed by atoms with Gasteiger partial charge in [0, 0.05) is 26.2 Å². The quantitative estimate of drug-likeness (QED) is 0.619. The molecule has 1 aliphatic rings. The molecule has 1 aliphatic heterocycles. The first-order valence-corrected chi connectivity index (χ1v) is 9.24. The van der Waals surface area contributed by atoms with E-state index in [0.29, 0.717) is 32.0 Å². The first kappa shape index (κ1) is 21.3. The van der Waals surface area contributed by atoms with Crippen LogP contribution in [0.15, 0.2) is 0 Å². The minimum atomic E-state index is -0.882. The van der Waals surface area contributed by atoms with Gasteiger partial charge in [0.25, 0.3) is 0 Å². The van der Waals surface area contributed by atoms with Gasteiger partial charge in [-0.2, -0.15) is 0 Å². The second kappa shape index (κ2) is 10.3. The molecule has 7 heteroatoms. The summed E-state index contributed by atoms with van der Waals surface area (Å²) in [6.07, 6.45) is 2.03. The molecule has 0 radical (unpaired) electrons. The molecule has 0 aromatic heterocycles. The van der Waals surface area contributed by atoms with E-state index in [2.05, 4.69) is 10.6 Å². The molecule has 1 saturated heterocycles. The van der Waals surface area contributed by atoms with Crippen molar-refractivity contribution in [1.29, 1.82) is 0 Å². The highest BCUT2D eigenvalue weighted by molar-refractivity contribution is 5.81. The van der Waals surface area contributed by atoms with Crippen LogP contribution in [-0.2, 0) is 9.59 Å². The lowest BCUT2D eigenvalue weighted by molar-refractivity contribution is -0.142. The molecule has 0 aromatic carbocycles. The maximum atomic E-state index is 12.4. The van der Waals surface area contributed by atoms with E-state index < -0.39 is 11.9 Å². The van der Waals surface area contributed by atoms with E-state index in [-0.39, 0.29) is 30.3 Å². The zero-order chi connectivity index (χ0) is 19.0. The Bertz CT molecular complexity index is 465. The average Bonchev–Trinajstić information content (AvgIpc) is 2.55. The highest BCUT2D eigenvalue weighted by atomic mass is 16.4. The van der Waals surface area contributed by atoms with Crippen molar-refractivity contribution in [2.75, 3.05) is 26.2 Å². The van der Waals surface area contributed by atoms with Crippen molar-refractivity contribution in [2.45, 2.75) is 47.0 Å². The Balaban J connectivity index is 2.49. The summed E-state index contributed by atoms with van der Waals surface area (Å²) in [5.41, 5.74) is 0. The molecule has 144 valence electrons. The number of piperidine rings is 1. The third-order valence-corrected chi connectivity index (χ3v) is 4.37. The number of carboxylic acid groups (broad SMARTS) is 1. The largest absolute Gasteiger partial charge is 0.481 e. The van der Waals surface area contributed by atoms with Crippen LogP contribution >= 0.6 is 0 Å².